The Balaban J connectivity index is 1.26. The van der Waals surface area contributed by atoms with Crippen LogP contribution in [0.15, 0.2) is 60.9 Å². The Hall–Kier alpha value is -3.67. The largest absolute Gasteiger partial charge is 0.355 e. The van der Waals surface area contributed by atoms with Crippen molar-refractivity contribution < 1.29 is 4.79 Å². The number of rotatable bonds is 5. The van der Waals surface area contributed by atoms with Gasteiger partial charge in [0.1, 0.15) is 5.52 Å². The van der Waals surface area contributed by atoms with Gasteiger partial charge in [-0.15, -0.1) is 0 Å². The Morgan fingerprint density at radius 2 is 1.76 bits per heavy atom. The predicted molar refractivity (Wildman–Crippen MR) is 136 cm³/mol. The van der Waals surface area contributed by atoms with E-state index in [4.69, 9.17) is 5.10 Å². The van der Waals surface area contributed by atoms with Crippen molar-refractivity contribution in [3.63, 3.8) is 0 Å². The number of nitrogens with one attached hydrogen (secondary N) is 1. The molecule has 0 atom stereocenters. The van der Waals surface area contributed by atoms with Crippen LogP contribution in [0.4, 0.5) is 5.82 Å². The maximum absolute atomic E-state index is 12.7. The van der Waals surface area contributed by atoms with Gasteiger partial charge in [0.15, 0.2) is 5.82 Å². The second-order valence-electron chi connectivity index (χ2n) is 9.37. The number of carbonyl (C=O) groups is 1. The first-order valence-electron chi connectivity index (χ1n) is 12.0. The minimum Gasteiger partial charge on any atom is -0.355 e. The van der Waals surface area contributed by atoms with Gasteiger partial charge in [-0.05, 0) is 62.4 Å². The van der Waals surface area contributed by atoms with Crippen LogP contribution in [0.3, 0.4) is 0 Å². The fourth-order valence-electron chi connectivity index (χ4n) is 4.59. The molecule has 4 aromatic rings. The standard InChI is InChI=1S/C28H31N5O/c1-19-4-7-22(8-5-19)18-30-28(34)23-10-13-32(14-11-23)27-26-17-25(31-33(26)15-12-29-27)24-9-6-20(2)21(3)16-24/h4-9,12,15-17,23H,10-11,13-14,18H2,1-3H3,(H,30,34). The SMILES string of the molecule is Cc1ccc(CNC(=O)C2CCN(c3nccn4nc(-c5ccc(C)c(C)c5)cc34)CC2)cc1. The minimum atomic E-state index is 0.0393. The first-order chi connectivity index (χ1) is 16.5. The fourth-order valence-corrected chi connectivity index (χ4v) is 4.59. The van der Waals surface area contributed by atoms with Crippen molar-refractivity contribution in [3.8, 4) is 11.3 Å². The Morgan fingerprint density at radius 3 is 2.50 bits per heavy atom. The molecule has 2 aromatic heterocycles. The summed E-state index contributed by atoms with van der Waals surface area (Å²) in [5.41, 5.74) is 7.96. The summed E-state index contributed by atoms with van der Waals surface area (Å²) in [5.74, 6) is 1.12. The van der Waals surface area contributed by atoms with Crippen molar-refractivity contribution >= 4 is 17.2 Å². The summed E-state index contributed by atoms with van der Waals surface area (Å²) < 4.78 is 1.91. The summed E-state index contributed by atoms with van der Waals surface area (Å²) in [6.45, 7) is 8.51. The summed E-state index contributed by atoms with van der Waals surface area (Å²) in [6, 6.07) is 16.9. The smallest absolute Gasteiger partial charge is 0.223 e. The van der Waals surface area contributed by atoms with Gasteiger partial charge >= 0.3 is 0 Å². The molecule has 0 bridgehead atoms. The second-order valence-corrected chi connectivity index (χ2v) is 9.37. The van der Waals surface area contributed by atoms with Crippen LogP contribution in [-0.4, -0.2) is 33.6 Å². The third-order valence-electron chi connectivity index (χ3n) is 6.92. The van der Waals surface area contributed by atoms with Gasteiger partial charge in [0.25, 0.3) is 0 Å². The molecule has 1 aliphatic rings. The lowest BCUT2D eigenvalue weighted by Crippen LogP contribution is -2.40. The number of aryl methyl sites for hydroxylation is 3. The summed E-state index contributed by atoms with van der Waals surface area (Å²) in [4.78, 5) is 19.7. The van der Waals surface area contributed by atoms with E-state index in [1.165, 1.54) is 16.7 Å². The van der Waals surface area contributed by atoms with E-state index in [2.05, 4.69) is 84.5 Å². The van der Waals surface area contributed by atoms with Gasteiger partial charge in [0.2, 0.25) is 5.91 Å². The number of anilines is 1. The molecule has 0 saturated carbocycles. The molecule has 174 valence electrons. The van der Waals surface area contributed by atoms with E-state index in [9.17, 15) is 4.79 Å². The molecule has 1 aliphatic heterocycles. The van der Waals surface area contributed by atoms with Crippen LogP contribution in [0.25, 0.3) is 16.8 Å². The molecule has 5 rings (SSSR count). The molecule has 6 nitrogen and oxygen atoms in total. The van der Waals surface area contributed by atoms with Gasteiger partial charge in [-0.25, -0.2) is 9.50 Å². The zero-order valence-corrected chi connectivity index (χ0v) is 20.1. The van der Waals surface area contributed by atoms with Gasteiger partial charge in [0, 0.05) is 43.5 Å². The van der Waals surface area contributed by atoms with E-state index in [0.717, 1.165) is 54.1 Å². The van der Waals surface area contributed by atoms with Crippen molar-refractivity contribution in [1.29, 1.82) is 0 Å². The molecule has 0 unspecified atom stereocenters. The van der Waals surface area contributed by atoms with Crippen LogP contribution in [0.1, 0.15) is 35.1 Å². The molecule has 0 radical (unpaired) electrons. The molecule has 1 saturated heterocycles. The van der Waals surface area contributed by atoms with Crippen LogP contribution in [0, 0.1) is 26.7 Å². The lowest BCUT2D eigenvalue weighted by molar-refractivity contribution is -0.125. The fraction of sp³-hybridized carbons (Fsp3) is 0.321. The van der Waals surface area contributed by atoms with E-state index in [1.807, 2.05) is 10.7 Å². The quantitative estimate of drug-likeness (QED) is 0.469. The number of nitrogens with zero attached hydrogens (tertiary/aromatic N) is 4. The average Bonchev–Trinajstić information content (AvgIpc) is 3.30. The Labute approximate surface area is 200 Å². The van der Waals surface area contributed by atoms with Gasteiger partial charge in [-0.3, -0.25) is 4.79 Å². The molecule has 2 aromatic carbocycles. The summed E-state index contributed by atoms with van der Waals surface area (Å²) in [6.07, 6.45) is 5.34. The van der Waals surface area contributed by atoms with Crippen molar-refractivity contribution in [2.24, 2.45) is 5.92 Å². The predicted octanol–water partition coefficient (Wildman–Crippen LogP) is 4.85. The lowest BCUT2D eigenvalue weighted by Gasteiger charge is -2.32. The van der Waals surface area contributed by atoms with E-state index in [-0.39, 0.29) is 11.8 Å². The first kappa shape index (κ1) is 22.1. The normalized spacial score (nSPS) is 14.5. The molecular formula is C28H31N5O. The van der Waals surface area contributed by atoms with Crippen molar-refractivity contribution in [3.05, 3.63) is 83.2 Å². The molecule has 3 heterocycles. The highest BCUT2D eigenvalue weighted by atomic mass is 16.1. The highest BCUT2D eigenvalue weighted by Crippen LogP contribution is 2.29. The molecule has 0 aliphatic carbocycles. The zero-order chi connectivity index (χ0) is 23.7. The molecule has 1 N–H and O–H groups in total. The van der Waals surface area contributed by atoms with Gasteiger partial charge in [-0.1, -0.05) is 42.0 Å². The van der Waals surface area contributed by atoms with E-state index in [0.29, 0.717) is 6.54 Å². The maximum atomic E-state index is 12.7. The number of hydrogen-bond acceptors (Lipinski definition) is 4. The van der Waals surface area contributed by atoms with Crippen LogP contribution < -0.4 is 10.2 Å². The molecule has 0 spiro atoms. The topological polar surface area (TPSA) is 62.5 Å². The zero-order valence-electron chi connectivity index (χ0n) is 20.1. The van der Waals surface area contributed by atoms with E-state index >= 15 is 0 Å². The summed E-state index contributed by atoms with van der Waals surface area (Å²) in [7, 11) is 0. The summed E-state index contributed by atoms with van der Waals surface area (Å²) in [5, 5.41) is 7.91. The Morgan fingerprint density at radius 1 is 1.00 bits per heavy atom. The Kier molecular flexibility index (Phi) is 6.05. The highest BCUT2D eigenvalue weighted by molar-refractivity contribution is 5.79. The van der Waals surface area contributed by atoms with Crippen LogP contribution >= 0.6 is 0 Å². The summed E-state index contributed by atoms with van der Waals surface area (Å²) >= 11 is 0. The molecule has 34 heavy (non-hydrogen) atoms. The Bertz CT molecular complexity index is 1320. The molecular weight excluding hydrogens is 422 g/mol. The number of amides is 1. The molecule has 1 fully saturated rings. The van der Waals surface area contributed by atoms with Crippen molar-refractivity contribution in [2.75, 3.05) is 18.0 Å². The van der Waals surface area contributed by atoms with Crippen LogP contribution in [0.2, 0.25) is 0 Å². The number of aromatic nitrogens is 3. The van der Waals surface area contributed by atoms with Crippen molar-refractivity contribution in [1.82, 2.24) is 19.9 Å². The number of hydrogen-bond donors (Lipinski definition) is 1. The molecule has 1 amide bonds. The van der Waals surface area contributed by atoms with E-state index in [1.54, 1.807) is 6.20 Å². The van der Waals surface area contributed by atoms with Gasteiger partial charge in [0.05, 0.1) is 5.69 Å². The second kappa shape index (κ2) is 9.29. The molecule has 6 heteroatoms. The monoisotopic (exact) mass is 453 g/mol. The number of benzene rings is 2. The highest BCUT2D eigenvalue weighted by Gasteiger charge is 2.26. The van der Waals surface area contributed by atoms with Crippen molar-refractivity contribution in [2.45, 2.75) is 40.2 Å². The number of fused-ring (bicyclic) bond motifs is 1. The lowest BCUT2D eigenvalue weighted by atomic mass is 9.95. The van der Waals surface area contributed by atoms with Gasteiger partial charge in [-0.2, -0.15) is 5.10 Å². The number of piperidine rings is 1. The minimum absolute atomic E-state index is 0.0393. The maximum Gasteiger partial charge on any atom is 0.223 e. The first-order valence-corrected chi connectivity index (χ1v) is 12.0. The van der Waals surface area contributed by atoms with E-state index < -0.39 is 0 Å². The van der Waals surface area contributed by atoms with Crippen LogP contribution in [-0.2, 0) is 11.3 Å². The third-order valence-corrected chi connectivity index (χ3v) is 6.92. The van der Waals surface area contributed by atoms with Gasteiger partial charge < -0.3 is 10.2 Å². The third kappa shape index (κ3) is 4.53. The van der Waals surface area contributed by atoms with Crippen LogP contribution in [0.5, 0.6) is 0 Å². The number of carbonyl (C=O) groups excluding carboxylic acids is 1. The average molecular weight is 454 g/mol.